The van der Waals surface area contributed by atoms with Gasteiger partial charge in [0.15, 0.2) is 11.5 Å². The quantitative estimate of drug-likeness (QED) is 0.457. The van der Waals surface area contributed by atoms with Gasteiger partial charge >= 0.3 is 0 Å². The van der Waals surface area contributed by atoms with Crippen molar-refractivity contribution in [2.75, 3.05) is 13.7 Å². The van der Waals surface area contributed by atoms with Crippen LogP contribution in [0.5, 0.6) is 28.7 Å². The van der Waals surface area contributed by atoms with E-state index in [2.05, 4.69) is 0 Å². The summed E-state index contributed by atoms with van der Waals surface area (Å²) in [5, 5.41) is 41.1. The third-order valence-electron chi connectivity index (χ3n) is 7.46. The first-order valence-electron chi connectivity index (χ1n) is 12.0. The zero-order valence-corrected chi connectivity index (χ0v) is 19.5. The first kappa shape index (κ1) is 22.1. The molecule has 2 aliphatic heterocycles. The van der Waals surface area contributed by atoms with Crippen LogP contribution in [0.25, 0.3) is 11.1 Å². The fourth-order valence-electron chi connectivity index (χ4n) is 5.77. The standard InChI is InChI=1S/C28H28O7/c1-33-24-11-15(3-9-22(24)31)26-23(32)12-21-19-6-2-14-10-16(30)4-7-18(14)25(19)28-20(27(21)35-26)8-5-17(13-29)34-28/h3-4,7,9-11,17,23,26,29-32H,2,5-6,8,12-13H2,1H3/t17-,23-,26-/m1/s1. The van der Waals surface area contributed by atoms with E-state index < -0.39 is 12.2 Å². The van der Waals surface area contributed by atoms with Crippen molar-refractivity contribution < 1.29 is 34.6 Å². The Labute approximate surface area is 203 Å². The minimum atomic E-state index is -0.783. The predicted octanol–water partition coefficient (Wildman–Crippen LogP) is 3.60. The van der Waals surface area contributed by atoms with Crippen LogP contribution in [0.2, 0.25) is 0 Å². The fraction of sp³-hybridized carbons (Fsp3) is 0.357. The minimum Gasteiger partial charge on any atom is -0.508 e. The van der Waals surface area contributed by atoms with Gasteiger partial charge in [-0.2, -0.15) is 0 Å². The molecule has 3 aromatic rings. The number of phenolic OH excluding ortho intramolecular Hbond substituents is 2. The molecule has 3 atom stereocenters. The van der Waals surface area contributed by atoms with Crippen LogP contribution >= 0.6 is 0 Å². The highest BCUT2D eigenvalue weighted by molar-refractivity contribution is 5.84. The summed E-state index contributed by atoms with van der Waals surface area (Å²) in [5.74, 6) is 2.07. The van der Waals surface area contributed by atoms with Gasteiger partial charge in [-0.05, 0) is 72.2 Å². The minimum absolute atomic E-state index is 0.0292. The highest BCUT2D eigenvalue weighted by atomic mass is 16.5. The maximum absolute atomic E-state index is 11.2. The monoisotopic (exact) mass is 476 g/mol. The number of methoxy groups -OCH3 is 1. The Morgan fingerprint density at radius 3 is 2.60 bits per heavy atom. The highest BCUT2D eigenvalue weighted by Crippen LogP contribution is 2.53. The van der Waals surface area contributed by atoms with E-state index in [0.29, 0.717) is 25.0 Å². The lowest BCUT2D eigenvalue weighted by molar-refractivity contribution is 0.0181. The van der Waals surface area contributed by atoms with Crippen molar-refractivity contribution in [2.24, 2.45) is 0 Å². The summed E-state index contributed by atoms with van der Waals surface area (Å²) >= 11 is 0. The first-order chi connectivity index (χ1) is 17.0. The summed E-state index contributed by atoms with van der Waals surface area (Å²) < 4.78 is 18.1. The lowest BCUT2D eigenvalue weighted by atomic mass is 9.77. The number of rotatable bonds is 3. The smallest absolute Gasteiger partial charge is 0.160 e. The van der Waals surface area contributed by atoms with Crippen LogP contribution in [0.1, 0.15) is 40.3 Å². The van der Waals surface area contributed by atoms with Crippen molar-refractivity contribution in [2.45, 2.75) is 50.4 Å². The molecule has 4 N–H and O–H groups in total. The van der Waals surface area contributed by atoms with E-state index in [9.17, 15) is 20.4 Å². The normalized spacial score (nSPS) is 22.1. The van der Waals surface area contributed by atoms with E-state index in [1.807, 2.05) is 6.07 Å². The molecule has 7 nitrogen and oxygen atoms in total. The summed E-state index contributed by atoms with van der Waals surface area (Å²) in [4.78, 5) is 0. The number of benzene rings is 3. The molecule has 0 saturated carbocycles. The highest BCUT2D eigenvalue weighted by Gasteiger charge is 2.39. The van der Waals surface area contributed by atoms with Crippen LogP contribution < -0.4 is 14.2 Å². The molecule has 0 unspecified atom stereocenters. The van der Waals surface area contributed by atoms with Gasteiger partial charge in [0, 0.05) is 23.1 Å². The molecule has 0 spiro atoms. The van der Waals surface area contributed by atoms with Crippen LogP contribution in [0.4, 0.5) is 0 Å². The topological polar surface area (TPSA) is 109 Å². The number of fused-ring (bicyclic) bond motifs is 8. The zero-order valence-electron chi connectivity index (χ0n) is 19.5. The molecule has 182 valence electrons. The Kier molecular flexibility index (Phi) is 5.27. The molecule has 0 saturated heterocycles. The second-order valence-electron chi connectivity index (χ2n) is 9.51. The molecule has 1 aliphatic carbocycles. The third kappa shape index (κ3) is 3.49. The van der Waals surface area contributed by atoms with E-state index in [1.165, 1.54) is 7.11 Å². The number of aryl methyl sites for hydroxylation is 1. The summed E-state index contributed by atoms with van der Waals surface area (Å²) in [5.41, 5.74) is 6.82. The summed E-state index contributed by atoms with van der Waals surface area (Å²) in [7, 11) is 1.49. The molecule has 0 radical (unpaired) electrons. The van der Waals surface area contributed by atoms with Gasteiger partial charge in [-0.15, -0.1) is 0 Å². The maximum atomic E-state index is 11.2. The summed E-state index contributed by atoms with van der Waals surface area (Å²) in [6, 6.07) is 10.4. The number of phenols is 2. The van der Waals surface area contributed by atoms with Crippen LogP contribution in [0, 0.1) is 0 Å². The molecule has 2 heterocycles. The Balaban J connectivity index is 1.52. The SMILES string of the molecule is COc1cc([C@H]2Oc3c(c4c(c5c3CC[C@H](CO)O5)-c3ccc(O)cc3CC4)C[C@H]2O)ccc1O. The summed E-state index contributed by atoms with van der Waals surface area (Å²) in [6.45, 7) is -0.0662. The number of hydrogen-bond donors (Lipinski definition) is 4. The van der Waals surface area contributed by atoms with E-state index in [-0.39, 0.29) is 24.2 Å². The first-order valence-corrected chi connectivity index (χ1v) is 12.0. The van der Waals surface area contributed by atoms with Gasteiger partial charge in [0.25, 0.3) is 0 Å². The van der Waals surface area contributed by atoms with Crippen LogP contribution in [-0.4, -0.2) is 46.4 Å². The number of aromatic hydroxyl groups is 2. The Morgan fingerprint density at radius 1 is 0.943 bits per heavy atom. The molecule has 7 heteroatoms. The van der Waals surface area contributed by atoms with Gasteiger partial charge in [-0.25, -0.2) is 0 Å². The van der Waals surface area contributed by atoms with E-state index in [0.717, 1.165) is 63.3 Å². The molecule has 6 rings (SSSR count). The van der Waals surface area contributed by atoms with Gasteiger partial charge < -0.3 is 34.6 Å². The second-order valence-corrected chi connectivity index (χ2v) is 9.51. The van der Waals surface area contributed by atoms with Crippen LogP contribution in [0.3, 0.4) is 0 Å². The lowest BCUT2D eigenvalue weighted by Gasteiger charge is -2.39. The van der Waals surface area contributed by atoms with E-state index in [1.54, 1.807) is 30.3 Å². The van der Waals surface area contributed by atoms with Crippen molar-refractivity contribution in [3.63, 3.8) is 0 Å². The second kappa shape index (κ2) is 8.36. The van der Waals surface area contributed by atoms with Gasteiger partial charge in [0.2, 0.25) is 0 Å². The Bertz CT molecular complexity index is 1320. The van der Waals surface area contributed by atoms with Crippen LogP contribution in [0.15, 0.2) is 36.4 Å². The lowest BCUT2D eigenvalue weighted by Crippen LogP contribution is -2.34. The number of aliphatic hydroxyl groups excluding tert-OH is 2. The van der Waals surface area contributed by atoms with Crippen molar-refractivity contribution in [1.29, 1.82) is 0 Å². The maximum Gasteiger partial charge on any atom is 0.160 e. The molecule has 0 amide bonds. The fourth-order valence-corrected chi connectivity index (χ4v) is 5.77. The average Bonchev–Trinajstić information content (AvgIpc) is 2.88. The molecular weight excluding hydrogens is 448 g/mol. The molecule has 0 fully saturated rings. The molecule has 0 bridgehead atoms. The molecular formula is C28H28O7. The largest absolute Gasteiger partial charge is 0.508 e. The number of aliphatic hydroxyl groups is 2. The zero-order chi connectivity index (χ0) is 24.3. The van der Waals surface area contributed by atoms with Gasteiger partial charge in [0.05, 0.1) is 19.8 Å². The molecule has 0 aromatic heterocycles. The third-order valence-corrected chi connectivity index (χ3v) is 7.46. The van der Waals surface area contributed by atoms with Crippen LogP contribution in [-0.2, 0) is 25.7 Å². The molecule has 35 heavy (non-hydrogen) atoms. The van der Waals surface area contributed by atoms with Gasteiger partial charge in [0.1, 0.15) is 29.5 Å². The van der Waals surface area contributed by atoms with Crippen molar-refractivity contribution in [3.05, 3.63) is 64.2 Å². The Morgan fingerprint density at radius 2 is 1.80 bits per heavy atom. The van der Waals surface area contributed by atoms with Gasteiger partial charge in [-0.3, -0.25) is 0 Å². The Hall–Kier alpha value is -3.42. The van der Waals surface area contributed by atoms with E-state index in [4.69, 9.17) is 14.2 Å². The van der Waals surface area contributed by atoms with E-state index >= 15 is 0 Å². The van der Waals surface area contributed by atoms with Crippen molar-refractivity contribution >= 4 is 0 Å². The van der Waals surface area contributed by atoms with Gasteiger partial charge in [-0.1, -0.05) is 12.1 Å². The van der Waals surface area contributed by atoms with Crippen molar-refractivity contribution in [3.8, 4) is 39.9 Å². The number of ether oxygens (including phenoxy) is 3. The average molecular weight is 477 g/mol. The summed E-state index contributed by atoms with van der Waals surface area (Å²) in [6.07, 6.45) is 1.58. The predicted molar refractivity (Wildman–Crippen MR) is 129 cm³/mol. The molecule has 3 aromatic carbocycles. The van der Waals surface area contributed by atoms with Crippen molar-refractivity contribution in [1.82, 2.24) is 0 Å². The number of hydrogen-bond acceptors (Lipinski definition) is 7. The molecule has 3 aliphatic rings.